The molecule has 0 aromatic heterocycles. The Morgan fingerprint density at radius 3 is 2.68 bits per heavy atom. The van der Waals surface area contributed by atoms with Crippen molar-refractivity contribution in [2.75, 3.05) is 26.8 Å². The van der Waals surface area contributed by atoms with Crippen LogP contribution in [0.4, 0.5) is 9.59 Å². The highest BCUT2D eigenvalue weighted by atomic mass is 16.6. The third-order valence-electron chi connectivity index (χ3n) is 3.20. The van der Waals surface area contributed by atoms with Crippen molar-refractivity contribution in [3.8, 4) is 0 Å². The maximum atomic E-state index is 11.7. The van der Waals surface area contributed by atoms with Crippen LogP contribution in [0.5, 0.6) is 0 Å². The van der Waals surface area contributed by atoms with Gasteiger partial charge in [0.1, 0.15) is 0 Å². The first kappa shape index (κ1) is 15.6. The first-order valence-electron chi connectivity index (χ1n) is 6.42. The molecule has 110 valence electrons. The van der Waals surface area contributed by atoms with Gasteiger partial charge in [-0.25, -0.2) is 9.59 Å². The van der Waals surface area contributed by atoms with Crippen molar-refractivity contribution in [2.45, 2.75) is 32.4 Å². The van der Waals surface area contributed by atoms with Gasteiger partial charge in [0.15, 0.2) is 0 Å². The lowest BCUT2D eigenvalue weighted by Crippen LogP contribution is -2.54. The molecule has 0 bridgehead atoms. The van der Waals surface area contributed by atoms with Crippen molar-refractivity contribution in [2.24, 2.45) is 5.92 Å². The molecule has 2 amide bonds. The van der Waals surface area contributed by atoms with Gasteiger partial charge in [-0.05, 0) is 20.3 Å². The summed E-state index contributed by atoms with van der Waals surface area (Å²) in [5, 5.41) is 12.4. The predicted octanol–water partition coefficient (Wildman–Crippen LogP) is 0.570. The van der Waals surface area contributed by atoms with E-state index in [-0.39, 0.29) is 12.0 Å². The normalized spacial score (nSPS) is 24.5. The fraction of sp³-hybridized carbons (Fsp3) is 0.833. The average Bonchev–Trinajstić information content (AvgIpc) is 2.38. The number of alkyl carbamates (subject to hydrolysis) is 1. The van der Waals surface area contributed by atoms with E-state index in [0.29, 0.717) is 26.1 Å². The molecule has 0 aromatic carbocycles. The van der Waals surface area contributed by atoms with Crippen LogP contribution in [0, 0.1) is 5.92 Å². The third-order valence-corrected chi connectivity index (χ3v) is 3.20. The van der Waals surface area contributed by atoms with Gasteiger partial charge in [-0.3, -0.25) is 0 Å². The van der Waals surface area contributed by atoms with Gasteiger partial charge in [0.2, 0.25) is 0 Å². The minimum atomic E-state index is -0.556. The van der Waals surface area contributed by atoms with Crippen molar-refractivity contribution in [1.82, 2.24) is 10.2 Å². The number of aliphatic hydroxyl groups is 1. The second-order valence-corrected chi connectivity index (χ2v) is 4.67. The summed E-state index contributed by atoms with van der Waals surface area (Å²) in [5.41, 5.74) is 0. The number of hydrogen-bond acceptors (Lipinski definition) is 5. The SMILES string of the molecule is CCOC(=O)N1CC(NC(=O)OC)CC(C(C)O)C1. The second-order valence-electron chi connectivity index (χ2n) is 4.67. The number of ether oxygens (including phenoxy) is 2. The lowest BCUT2D eigenvalue weighted by molar-refractivity contribution is 0.0372. The van der Waals surface area contributed by atoms with Crippen molar-refractivity contribution >= 4 is 12.2 Å². The number of carbonyl (C=O) groups excluding carboxylic acids is 2. The summed E-state index contributed by atoms with van der Waals surface area (Å²) in [4.78, 5) is 24.5. The van der Waals surface area contributed by atoms with Crippen LogP contribution in [0.25, 0.3) is 0 Å². The number of amides is 2. The second kappa shape index (κ2) is 7.18. The fourth-order valence-corrected chi connectivity index (χ4v) is 2.18. The first-order valence-corrected chi connectivity index (χ1v) is 6.42. The number of likely N-dealkylation sites (tertiary alicyclic amines) is 1. The Hall–Kier alpha value is -1.50. The fourth-order valence-electron chi connectivity index (χ4n) is 2.18. The molecule has 2 N–H and O–H groups in total. The minimum Gasteiger partial charge on any atom is -0.453 e. The monoisotopic (exact) mass is 274 g/mol. The summed E-state index contributed by atoms with van der Waals surface area (Å²) in [5.74, 6) is -0.0969. The molecular weight excluding hydrogens is 252 g/mol. The summed E-state index contributed by atoms with van der Waals surface area (Å²) in [6, 6.07) is -0.245. The number of carbonyl (C=O) groups is 2. The highest BCUT2D eigenvalue weighted by molar-refractivity contribution is 5.69. The molecule has 1 rings (SSSR count). The molecule has 3 unspecified atom stereocenters. The molecular formula is C12H22N2O5. The topological polar surface area (TPSA) is 88.1 Å². The first-order chi connectivity index (χ1) is 8.97. The molecule has 19 heavy (non-hydrogen) atoms. The highest BCUT2D eigenvalue weighted by Crippen LogP contribution is 2.21. The van der Waals surface area contributed by atoms with Crippen LogP contribution in [-0.2, 0) is 9.47 Å². The smallest absolute Gasteiger partial charge is 0.409 e. The summed E-state index contributed by atoms with van der Waals surface area (Å²) in [7, 11) is 1.29. The van der Waals surface area contributed by atoms with Crippen LogP contribution in [0.2, 0.25) is 0 Å². The number of aliphatic hydroxyl groups excluding tert-OH is 1. The average molecular weight is 274 g/mol. The van der Waals surface area contributed by atoms with E-state index < -0.39 is 18.3 Å². The van der Waals surface area contributed by atoms with E-state index in [1.807, 2.05) is 0 Å². The number of hydrogen-bond donors (Lipinski definition) is 2. The summed E-state index contributed by atoms with van der Waals surface area (Å²) >= 11 is 0. The number of piperidine rings is 1. The quantitative estimate of drug-likeness (QED) is 0.785. The third kappa shape index (κ3) is 4.59. The van der Waals surface area contributed by atoms with Crippen LogP contribution in [0.15, 0.2) is 0 Å². The Morgan fingerprint density at radius 1 is 1.47 bits per heavy atom. The molecule has 7 nitrogen and oxygen atoms in total. The number of nitrogens with zero attached hydrogens (tertiary/aromatic N) is 1. The van der Waals surface area contributed by atoms with E-state index in [1.165, 1.54) is 12.0 Å². The summed E-state index contributed by atoms with van der Waals surface area (Å²) in [6.45, 7) is 4.49. The van der Waals surface area contributed by atoms with Crippen molar-refractivity contribution in [1.29, 1.82) is 0 Å². The van der Waals surface area contributed by atoms with E-state index in [0.717, 1.165) is 0 Å². The van der Waals surface area contributed by atoms with Crippen molar-refractivity contribution in [3.05, 3.63) is 0 Å². The molecule has 1 aliphatic rings. The Morgan fingerprint density at radius 2 is 2.16 bits per heavy atom. The molecule has 1 heterocycles. The van der Waals surface area contributed by atoms with Crippen LogP contribution in [-0.4, -0.2) is 61.1 Å². The Labute approximate surface area is 112 Å². The van der Waals surface area contributed by atoms with Crippen LogP contribution in [0.1, 0.15) is 20.3 Å². The van der Waals surface area contributed by atoms with Crippen LogP contribution >= 0.6 is 0 Å². The van der Waals surface area contributed by atoms with Gasteiger partial charge in [0, 0.05) is 19.0 Å². The highest BCUT2D eigenvalue weighted by Gasteiger charge is 2.33. The van der Waals surface area contributed by atoms with Gasteiger partial charge in [0.05, 0.1) is 25.9 Å². The Kier molecular flexibility index (Phi) is 5.88. The van der Waals surface area contributed by atoms with Crippen LogP contribution in [0.3, 0.4) is 0 Å². The Balaban J connectivity index is 2.67. The van der Waals surface area contributed by atoms with E-state index in [1.54, 1.807) is 13.8 Å². The standard InChI is InChI=1S/C12H22N2O5/c1-4-19-12(17)14-6-9(8(2)15)5-10(7-14)13-11(16)18-3/h8-10,15H,4-7H2,1-3H3,(H,13,16). The zero-order chi connectivity index (χ0) is 14.4. The molecule has 0 aliphatic carbocycles. The van der Waals surface area contributed by atoms with Gasteiger partial charge in [0.25, 0.3) is 0 Å². The molecule has 0 saturated carbocycles. The van der Waals surface area contributed by atoms with E-state index >= 15 is 0 Å². The molecule has 1 fully saturated rings. The van der Waals surface area contributed by atoms with Crippen LogP contribution < -0.4 is 5.32 Å². The lowest BCUT2D eigenvalue weighted by Gasteiger charge is -2.38. The molecule has 0 aromatic rings. The van der Waals surface area contributed by atoms with E-state index in [2.05, 4.69) is 10.1 Å². The largest absolute Gasteiger partial charge is 0.453 e. The maximum Gasteiger partial charge on any atom is 0.409 e. The van der Waals surface area contributed by atoms with Gasteiger partial charge in [-0.1, -0.05) is 0 Å². The van der Waals surface area contributed by atoms with Gasteiger partial charge < -0.3 is 24.8 Å². The maximum absolute atomic E-state index is 11.7. The number of nitrogens with one attached hydrogen (secondary N) is 1. The lowest BCUT2D eigenvalue weighted by atomic mass is 9.90. The van der Waals surface area contributed by atoms with E-state index in [4.69, 9.17) is 4.74 Å². The predicted molar refractivity (Wildman–Crippen MR) is 67.7 cm³/mol. The number of methoxy groups -OCH3 is 1. The van der Waals surface area contributed by atoms with E-state index in [9.17, 15) is 14.7 Å². The van der Waals surface area contributed by atoms with Gasteiger partial charge in [-0.15, -0.1) is 0 Å². The van der Waals surface area contributed by atoms with Crippen molar-refractivity contribution < 1.29 is 24.2 Å². The molecule has 1 aliphatic heterocycles. The molecule has 1 saturated heterocycles. The number of rotatable bonds is 3. The Bertz CT molecular complexity index is 321. The summed E-state index contributed by atoms with van der Waals surface area (Å²) < 4.78 is 9.50. The molecule has 7 heteroatoms. The zero-order valence-corrected chi connectivity index (χ0v) is 11.6. The zero-order valence-electron chi connectivity index (χ0n) is 11.6. The molecule has 3 atom stereocenters. The van der Waals surface area contributed by atoms with Crippen molar-refractivity contribution in [3.63, 3.8) is 0 Å². The minimum absolute atomic E-state index is 0.0969. The van der Waals surface area contributed by atoms with Gasteiger partial charge in [-0.2, -0.15) is 0 Å². The summed E-state index contributed by atoms with van der Waals surface area (Å²) in [6.07, 6.45) is -0.924. The van der Waals surface area contributed by atoms with Gasteiger partial charge >= 0.3 is 12.2 Å². The molecule has 0 radical (unpaired) electrons. The molecule has 0 spiro atoms.